The SMILES string of the molecule is O=C(N[C@@H]1COc2ccccc2C1)N1CCC(c2nc3ccccc3s2)CC1. The van der Waals surface area contributed by atoms with Gasteiger partial charge in [-0.05, 0) is 43.0 Å². The topological polar surface area (TPSA) is 54.5 Å². The zero-order chi connectivity index (χ0) is 18.9. The number of thiazole rings is 1. The Labute approximate surface area is 168 Å². The van der Waals surface area contributed by atoms with Gasteiger partial charge in [0.15, 0.2) is 0 Å². The third-order valence-corrected chi connectivity index (χ3v) is 6.85. The summed E-state index contributed by atoms with van der Waals surface area (Å²) in [5.41, 5.74) is 2.24. The van der Waals surface area contributed by atoms with Gasteiger partial charge in [-0.1, -0.05) is 30.3 Å². The molecule has 1 N–H and O–H groups in total. The van der Waals surface area contributed by atoms with Gasteiger partial charge in [-0.3, -0.25) is 0 Å². The number of nitrogens with one attached hydrogen (secondary N) is 1. The van der Waals surface area contributed by atoms with Crippen LogP contribution in [0.1, 0.15) is 29.3 Å². The van der Waals surface area contributed by atoms with Gasteiger partial charge in [0.05, 0.1) is 21.3 Å². The highest BCUT2D eigenvalue weighted by Gasteiger charge is 2.28. The lowest BCUT2D eigenvalue weighted by Gasteiger charge is -2.33. The molecule has 3 aromatic rings. The minimum absolute atomic E-state index is 0.0238. The van der Waals surface area contributed by atoms with Crippen LogP contribution in [-0.2, 0) is 6.42 Å². The molecule has 6 heteroatoms. The molecular weight excluding hydrogens is 370 g/mol. The van der Waals surface area contributed by atoms with E-state index in [-0.39, 0.29) is 12.1 Å². The number of fused-ring (bicyclic) bond motifs is 2. The number of piperidine rings is 1. The van der Waals surface area contributed by atoms with Gasteiger partial charge in [-0.25, -0.2) is 9.78 Å². The van der Waals surface area contributed by atoms with Gasteiger partial charge in [-0.2, -0.15) is 0 Å². The predicted octanol–water partition coefficient (Wildman–Crippen LogP) is 4.19. The Hall–Kier alpha value is -2.60. The first-order chi connectivity index (χ1) is 13.8. The van der Waals surface area contributed by atoms with Crippen molar-refractivity contribution in [1.82, 2.24) is 15.2 Å². The summed E-state index contributed by atoms with van der Waals surface area (Å²) in [4.78, 5) is 19.4. The summed E-state index contributed by atoms with van der Waals surface area (Å²) in [6.45, 7) is 2.08. The van der Waals surface area contributed by atoms with Gasteiger partial charge < -0.3 is 15.0 Å². The molecule has 1 aromatic heterocycles. The van der Waals surface area contributed by atoms with E-state index in [1.54, 1.807) is 11.3 Å². The van der Waals surface area contributed by atoms with Crippen LogP contribution in [0.2, 0.25) is 0 Å². The Morgan fingerprint density at radius 1 is 1.11 bits per heavy atom. The summed E-state index contributed by atoms with van der Waals surface area (Å²) in [5.74, 6) is 1.39. The molecule has 2 aliphatic heterocycles. The van der Waals surface area contributed by atoms with E-state index in [0.717, 1.165) is 49.2 Å². The van der Waals surface area contributed by atoms with Crippen LogP contribution in [0, 0.1) is 0 Å². The molecular formula is C22H23N3O2S. The third kappa shape index (κ3) is 3.44. The standard InChI is InChI=1S/C22H23N3O2S/c26-22(23-17-13-16-5-1-3-7-19(16)27-14-17)25-11-9-15(10-12-25)21-24-18-6-2-4-8-20(18)28-21/h1-8,15,17H,9-14H2,(H,23,26)/t17-/m0/s1. The molecule has 1 fully saturated rings. The van der Waals surface area contributed by atoms with E-state index < -0.39 is 0 Å². The van der Waals surface area contributed by atoms with Crippen molar-refractivity contribution in [2.24, 2.45) is 0 Å². The zero-order valence-electron chi connectivity index (χ0n) is 15.6. The molecule has 1 atom stereocenters. The number of hydrogen-bond donors (Lipinski definition) is 1. The van der Waals surface area contributed by atoms with E-state index in [4.69, 9.17) is 9.72 Å². The molecule has 5 rings (SSSR count). The van der Waals surface area contributed by atoms with E-state index >= 15 is 0 Å². The number of carbonyl (C=O) groups excluding carboxylic acids is 1. The summed E-state index contributed by atoms with van der Waals surface area (Å²) in [6, 6.07) is 16.4. The maximum Gasteiger partial charge on any atom is 0.317 e. The van der Waals surface area contributed by atoms with Crippen molar-refractivity contribution in [3.8, 4) is 5.75 Å². The molecule has 2 aliphatic rings. The van der Waals surface area contributed by atoms with Crippen LogP contribution < -0.4 is 10.1 Å². The van der Waals surface area contributed by atoms with E-state index in [1.807, 2.05) is 29.2 Å². The highest BCUT2D eigenvalue weighted by atomic mass is 32.1. The summed E-state index contributed by atoms with van der Waals surface area (Å²) >= 11 is 1.79. The number of para-hydroxylation sites is 2. The molecule has 2 amide bonds. The summed E-state index contributed by atoms with van der Waals surface area (Å²) < 4.78 is 7.03. The number of carbonyl (C=O) groups is 1. The maximum absolute atomic E-state index is 12.7. The molecule has 1 saturated heterocycles. The summed E-state index contributed by atoms with van der Waals surface area (Å²) in [6.07, 6.45) is 2.76. The highest BCUT2D eigenvalue weighted by Crippen LogP contribution is 2.33. The van der Waals surface area contributed by atoms with Gasteiger partial charge in [0.1, 0.15) is 12.4 Å². The monoisotopic (exact) mass is 393 g/mol. The molecule has 28 heavy (non-hydrogen) atoms. The second-order valence-electron chi connectivity index (χ2n) is 7.55. The molecule has 3 heterocycles. The first-order valence-electron chi connectivity index (χ1n) is 9.88. The van der Waals surface area contributed by atoms with Crippen molar-refractivity contribution in [2.45, 2.75) is 31.2 Å². The van der Waals surface area contributed by atoms with Gasteiger partial charge >= 0.3 is 6.03 Å². The Kier molecular flexibility index (Phi) is 4.64. The van der Waals surface area contributed by atoms with Gasteiger partial charge in [0, 0.05) is 19.0 Å². The second kappa shape index (κ2) is 7.43. The van der Waals surface area contributed by atoms with Crippen LogP contribution in [0.15, 0.2) is 48.5 Å². The quantitative estimate of drug-likeness (QED) is 0.710. The lowest BCUT2D eigenvalue weighted by Crippen LogP contribution is -2.50. The average molecular weight is 394 g/mol. The Morgan fingerprint density at radius 3 is 2.75 bits per heavy atom. The fraction of sp³-hybridized carbons (Fsp3) is 0.364. The van der Waals surface area contributed by atoms with Crippen molar-refractivity contribution in [3.63, 3.8) is 0 Å². The van der Waals surface area contributed by atoms with Crippen LogP contribution in [0.3, 0.4) is 0 Å². The highest BCUT2D eigenvalue weighted by molar-refractivity contribution is 7.18. The van der Waals surface area contributed by atoms with Gasteiger partial charge in [0.25, 0.3) is 0 Å². The number of amides is 2. The zero-order valence-corrected chi connectivity index (χ0v) is 16.5. The Bertz CT molecular complexity index is 961. The fourth-order valence-corrected chi connectivity index (χ4v) is 5.22. The molecule has 0 aliphatic carbocycles. The summed E-state index contributed by atoms with van der Waals surface area (Å²) in [7, 11) is 0. The number of ether oxygens (including phenoxy) is 1. The molecule has 0 saturated carbocycles. The minimum Gasteiger partial charge on any atom is -0.491 e. The molecule has 5 nitrogen and oxygen atoms in total. The maximum atomic E-state index is 12.7. The van der Waals surface area contributed by atoms with Crippen LogP contribution >= 0.6 is 11.3 Å². The van der Waals surface area contributed by atoms with E-state index in [1.165, 1.54) is 9.71 Å². The molecule has 2 aromatic carbocycles. The van der Waals surface area contributed by atoms with Crippen molar-refractivity contribution in [1.29, 1.82) is 0 Å². The number of rotatable bonds is 2. The number of benzene rings is 2. The largest absolute Gasteiger partial charge is 0.491 e. The van der Waals surface area contributed by atoms with Gasteiger partial charge in [0.2, 0.25) is 0 Å². The van der Waals surface area contributed by atoms with E-state index in [0.29, 0.717) is 12.5 Å². The second-order valence-corrected chi connectivity index (χ2v) is 8.61. The number of nitrogens with zero attached hydrogens (tertiary/aromatic N) is 2. The first-order valence-corrected chi connectivity index (χ1v) is 10.7. The lowest BCUT2D eigenvalue weighted by atomic mass is 9.97. The van der Waals surface area contributed by atoms with E-state index in [9.17, 15) is 4.79 Å². The number of aromatic nitrogens is 1. The Morgan fingerprint density at radius 2 is 1.89 bits per heavy atom. The number of hydrogen-bond acceptors (Lipinski definition) is 4. The van der Waals surface area contributed by atoms with Gasteiger partial charge in [-0.15, -0.1) is 11.3 Å². The normalized spacial score (nSPS) is 19.9. The van der Waals surface area contributed by atoms with Crippen molar-refractivity contribution in [3.05, 3.63) is 59.1 Å². The van der Waals surface area contributed by atoms with Crippen molar-refractivity contribution < 1.29 is 9.53 Å². The first kappa shape index (κ1) is 17.5. The lowest BCUT2D eigenvalue weighted by molar-refractivity contribution is 0.167. The molecule has 0 bridgehead atoms. The van der Waals surface area contributed by atoms with Crippen molar-refractivity contribution in [2.75, 3.05) is 19.7 Å². The summed E-state index contributed by atoms with van der Waals surface area (Å²) in [5, 5.41) is 4.36. The average Bonchev–Trinajstić information content (AvgIpc) is 3.18. The van der Waals surface area contributed by atoms with Crippen LogP contribution in [0.5, 0.6) is 5.75 Å². The van der Waals surface area contributed by atoms with E-state index in [2.05, 4.69) is 29.6 Å². The fourth-order valence-electron chi connectivity index (χ4n) is 4.08. The number of likely N-dealkylation sites (tertiary alicyclic amines) is 1. The van der Waals surface area contributed by atoms with Crippen LogP contribution in [0.4, 0.5) is 4.79 Å². The predicted molar refractivity (Wildman–Crippen MR) is 111 cm³/mol. The molecule has 144 valence electrons. The van der Waals surface area contributed by atoms with Crippen molar-refractivity contribution >= 4 is 27.6 Å². The minimum atomic E-state index is 0.0238. The van der Waals surface area contributed by atoms with Crippen LogP contribution in [0.25, 0.3) is 10.2 Å². The smallest absolute Gasteiger partial charge is 0.317 e. The Balaban J connectivity index is 1.17. The molecule has 0 radical (unpaired) electrons. The molecule has 0 spiro atoms. The number of urea groups is 1. The molecule has 0 unspecified atom stereocenters. The van der Waals surface area contributed by atoms with Crippen LogP contribution in [-0.4, -0.2) is 41.7 Å². The third-order valence-electron chi connectivity index (χ3n) is 5.65.